The van der Waals surface area contributed by atoms with Crippen LogP contribution in [0.4, 0.5) is 0 Å². The third kappa shape index (κ3) is 4.50. The average molecular weight is 337 g/mol. The summed E-state index contributed by atoms with van der Waals surface area (Å²) in [5.41, 5.74) is 0.828. The fraction of sp³-hybridized carbons (Fsp3) is 0.353. The lowest BCUT2D eigenvalue weighted by Gasteiger charge is -2.37. The maximum atomic E-state index is 12.1. The van der Waals surface area contributed by atoms with Gasteiger partial charge in [-0.15, -0.1) is 0 Å². The van der Waals surface area contributed by atoms with E-state index in [1.54, 1.807) is 18.2 Å². The smallest absolute Gasteiger partial charge is 0.228 e. The Morgan fingerprint density at radius 3 is 2.78 bits per heavy atom. The molecular weight excluding hydrogens is 316 g/mol. The number of halogens is 1. The van der Waals surface area contributed by atoms with E-state index in [1.165, 1.54) is 6.07 Å². The van der Waals surface area contributed by atoms with Crippen LogP contribution < -0.4 is 5.32 Å². The van der Waals surface area contributed by atoms with Gasteiger partial charge >= 0.3 is 0 Å². The van der Waals surface area contributed by atoms with E-state index in [0.29, 0.717) is 22.8 Å². The van der Waals surface area contributed by atoms with Crippen molar-refractivity contribution in [1.29, 1.82) is 0 Å². The van der Waals surface area contributed by atoms with Crippen molar-refractivity contribution in [2.75, 3.05) is 13.2 Å². The lowest BCUT2D eigenvalue weighted by Crippen LogP contribution is -2.44. The van der Waals surface area contributed by atoms with Crippen LogP contribution in [0.1, 0.15) is 19.4 Å². The summed E-state index contributed by atoms with van der Waals surface area (Å²) in [5.74, 6) is -0.179. The Kier molecular flexibility index (Phi) is 5.34. The standard InChI is InChI=1S/C17H21ClN2O3/c1-17(2,11-21)20-7-5-14(6-8-20)19-16(23)10-12-9-13(18)3-4-15(12)22/h3-7,9,21-22H,8,10-11H2,1-2H3,(H,19,23). The molecule has 0 atom stereocenters. The second-order valence-electron chi connectivity index (χ2n) is 6.10. The molecule has 0 radical (unpaired) electrons. The topological polar surface area (TPSA) is 72.8 Å². The van der Waals surface area contributed by atoms with Gasteiger partial charge in [0.25, 0.3) is 0 Å². The molecule has 6 heteroatoms. The van der Waals surface area contributed by atoms with Crippen molar-refractivity contribution < 1.29 is 15.0 Å². The highest BCUT2D eigenvalue weighted by Gasteiger charge is 2.24. The number of hydrogen-bond acceptors (Lipinski definition) is 4. The van der Waals surface area contributed by atoms with Gasteiger partial charge in [0.15, 0.2) is 0 Å². The van der Waals surface area contributed by atoms with Crippen molar-refractivity contribution in [3.8, 4) is 5.75 Å². The largest absolute Gasteiger partial charge is 0.508 e. The summed E-state index contributed by atoms with van der Waals surface area (Å²) in [6.07, 6.45) is 5.57. The normalized spacial score (nSPS) is 14.6. The molecule has 0 aliphatic carbocycles. The van der Waals surface area contributed by atoms with E-state index in [0.717, 1.165) is 0 Å². The van der Waals surface area contributed by atoms with Gasteiger partial charge in [-0.25, -0.2) is 0 Å². The van der Waals surface area contributed by atoms with Crippen molar-refractivity contribution >= 4 is 17.5 Å². The number of aromatic hydroxyl groups is 1. The number of nitrogens with zero attached hydrogens (tertiary/aromatic N) is 1. The van der Waals surface area contributed by atoms with Gasteiger partial charge in [0.05, 0.1) is 18.6 Å². The van der Waals surface area contributed by atoms with Gasteiger partial charge in [0.1, 0.15) is 5.75 Å². The molecule has 1 aromatic rings. The molecule has 1 aliphatic rings. The molecule has 0 saturated carbocycles. The van der Waals surface area contributed by atoms with Crippen molar-refractivity contribution in [1.82, 2.24) is 10.2 Å². The average Bonchev–Trinajstić information content (AvgIpc) is 2.51. The lowest BCUT2D eigenvalue weighted by atomic mass is 10.0. The molecule has 0 fully saturated rings. The molecule has 124 valence electrons. The Balaban J connectivity index is 1.95. The molecule has 0 unspecified atom stereocenters. The molecule has 0 aromatic heterocycles. The summed E-state index contributed by atoms with van der Waals surface area (Å²) in [6.45, 7) is 4.52. The van der Waals surface area contributed by atoms with Gasteiger partial charge in [0, 0.05) is 29.0 Å². The summed E-state index contributed by atoms with van der Waals surface area (Å²) in [7, 11) is 0. The number of hydrogen-bond donors (Lipinski definition) is 3. The third-order valence-corrected chi connectivity index (χ3v) is 4.02. The molecule has 1 aliphatic heterocycles. The summed E-state index contributed by atoms with van der Waals surface area (Å²) in [5, 5.41) is 22.4. The molecule has 0 spiro atoms. The quantitative estimate of drug-likeness (QED) is 0.770. The zero-order valence-corrected chi connectivity index (χ0v) is 14.0. The number of aliphatic hydroxyl groups excluding tert-OH is 1. The van der Waals surface area contributed by atoms with Crippen molar-refractivity contribution in [3.63, 3.8) is 0 Å². The molecule has 5 nitrogen and oxygen atoms in total. The zero-order valence-electron chi connectivity index (χ0n) is 13.2. The first kappa shape index (κ1) is 17.4. The van der Waals surface area contributed by atoms with E-state index in [2.05, 4.69) is 5.32 Å². The predicted molar refractivity (Wildman–Crippen MR) is 90.1 cm³/mol. The van der Waals surface area contributed by atoms with Crippen LogP contribution >= 0.6 is 11.6 Å². The van der Waals surface area contributed by atoms with Gasteiger partial charge in [-0.05, 0) is 44.2 Å². The molecule has 0 bridgehead atoms. The predicted octanol–water partition coefficient (Wildman–Crippen LogP) is 2.19. The highest BCUT2D eigenvalue weighted by atomic mass is 35.5. The van der Waals surface area contributed by atoms with E-state index < -0.39 is 0 Å². The summed E-state index contributed by atoms with van der Waals surface area (Å²) in [6, 6.07) is 4.62. The van der Waals surface area contributed by atoms with Crippen LogP contribution in [0.2, 0.25) is 5.02 Å². The fourth-order valence-electron chi connectivity index (χ4n) is 2.20. The highest BCUT2D eigenvalue weighted by molar-refractivity contribution is 6.30. The van der Waals surface area contributed by atoms with E-state index in [-0.39, 0.29) is 30.2 Å². The molecular formula is C17H21ClN2O3. The van der Waals surface area contributed by atoms with E-state index in [4.69, 9.17) is 11.6 Å². The summed E-state index contributed by atoms with van der Waals surface area (Å²) >= 11 is 5.87. The number of carbonyl (C=O) groups excluding carboxylic acids is 1. The van der Waals surface area contributed by atoms with Crippen LogP contribution in [0.25, 0.3) is 0 Å². The molecule has 23 heavy (non-hydrogen) atoms. The minimum atomic E-state index is -0.352. The Bertz CT molecular complexity index is 653. The SMILES string of the molecule is CC(C)(CO)N1C=CC(NC(=O)Cc2cc(Cl)ccc2O)=CC1. The maximum absolute atomic E-state index is 12.1. The molecule has 1 amide bonds. The third-order valence-electron chi connectivity index (χ3n) is 3.78. The summed E-state index contributed by atoms with van der Waals surface area (Å²) in [4.78, 5) is 14.1. The number of phenolic OH excluding ortho intramolecular Hbond substituents is 1. The molecule has 1 aromatic carbocycles. The van der Waals surface area contributed by atoms with Gasteiger partial charge < -0.3 is 20.4 Å². The van der Waals surface area contributed by atoms with Crippen molar-refractivity contribution in [2.45, 2.75) is 25.8 Å². The number of nitrogens with one attached hydrogen (secondary N) is 1. The van der Waals surface area contributed by atoms with Crippen LogP contribution in [-0.4, -0.2) is 39.7 Å². The minimum Gasteiger partial charge on any atom is -0.508 e. The molecule has 1 heterocycles. The first-order chi connectivity index (χ1) is 10.8. The van der Waals surface area contributed by atoms with E-state index in [9.17, 15) is 15.0 Å². The lowest BCUT2D eigenvalue weighted by molar-refractivity contribution is -0.119. The molecule has 3 N–H and O–H groups in total. The van der Waals surface area contributed by atoms with Crippen molar-refractivity contribution in [3.05, 3.63) is 52.8 Å². The maximum Gasteiger partial charge on any atom is 0.228 e. The number of allylic oxidation sites excluding steroid dienone is 1. The number of amides is 1. The first-order valence-corrected chi connectivity index (χ1v) is 7.73. The van der Waals surface area contributed by atoms with Crippen LogP contribution in [0, 0.1) is 0 Å². The molecule has 2 rings (SSSR count). The Morgan fingerprint density at radius 2 is 2.17 bits per heavy atom. The highest BCUT2D eigenvalue weighted by Crippen LogP contribution is 2.22. The Labute approximate surface area is 140 Å². The molecule has 0 saturated heterocycles. The van der Waals surface area contributed by atoms with Gasteiger partial charge in [0.2, 0.25) is 5.91 Å². The van der Waals surface area contributed by atoms with Gasteiger partial charge in [-0.2, -0.15) is 0 Å². The van der Waals surface area contributed by atoms with E-state index in [1.807, 2.05) is 31.0 Å². The first-order valence-electron chi connectivity index (χ1n) is 7.35. The second-order valence-corrected chi connectivity index (χ2v) is 6.53. The van der Waals surface area contributed by atoms with Crippen LogP contribution in [0.15, 0.2) is 42.2 Å². The van der Waals surface area contributed by atoms with Crippen LogP contribution in [0.3, 0.4) is 0 Å². The number of benzene rings is 1. The number of phenols is 1. The van der Waals surface area contributed by atoms with Crippen LogP contribution in [-0.2, 0) is 11.2 Å². The summed E-state index contributed by atoms with van der Waals surface area (Å²) < 4.78 is 0. The zero-order chi connectivity index (χ0) is 17.0. The Hall–Kier alpha value is -1.98. The monoisotopic (exact) mass is 336 g/mol. The van der Waals surface area contributed by atoms with E-state index >= 15 is 0 Å². The number of carbonyl (C=O) groups is 1. The second kappa shape index (κ2) is 7.06. The fourth-order valence-corrected chi connectivity index (χ4v) is 2.40. The van der Waals surface area contributed by atoms with Crippen LogP contribution in [0.5, 0.6) is 5.75 Å². The Morgan fingerprint density at radius 1 is 1.43 bits per heavy atom. The van der Waals surface area contributed by atoms with Gasteiger partial charge in [-0.1, -0.05) is 11.6 Å². The van der Waals surface area contributed by atoms with Crippen molar-refractivity contribution in [2.24, 2.45) is 0 Å². The number of aliphatic hydroxyl groups is 1. The minimum absolute atomic E-state index is 0.0426. The van der Waals surface area contributed by atoms with Gasteiger partial charge in [-0.3, -0.25) is 4.79 Å². The number of rotatable bonds is 5.